The van der Waals surface area contributed by atoms with Gasteiger partial charge in [0.05, 0.1) is 0 Å². The largest absolute Gasteiger partial charge is 0.356 e. The number of hydrogen-bond acceptors (Lipinski definition) is 3. The predicted molar refractivity (Wildman–Crippen MR) is 121 cm³/mol. The van der Waals surface area contributed by atoms with E-state index in [0.717, 1.165) is 25.0 Å². The fourth-order valence-corrected chi connectivity index (χ4v) is 4.63. The third-order valence-electron chi connectivity index (χ3n) is 5.31. The third kappa shape index (κ3) is 6.71. The van der Waals surface area contributed by atoms with Crippen LogP contribution in [0.5, 0.6) is 0 Å². The van der Waals surface area contributed by atoms with Crippen LogP contribution in [0.25, 0.3) is 0 Å². The van der Waals surface area contributed by atoms with E-state index in [1.54, 1.807) is 0 Å². The van der Waals surface area contributed by atoms with E-state index in [9.17, 15) is 0 Å². The van der Waals surface area contributed by atoms with Gasteiger partial charge in [-0.15, -0.1) is 35.3 Å². The summed E-state index contributed by atoms with van der Waals surface area (Å²) >= 11 is 1.88. The number of nitrogens with one attached hydrogen (secondary N) is 2. The van der Waals surface area contributed by atoms with Crippen molar-refractivity contribution in [1.29, 1.82) is 0 Å². The second-order valence-corrected chi connectivity index (χ2v) is 7.84. The van der Waals surface area contributed by atoms with Gasteiger partial charge in [0.15, 0.2) is 5.96 Å². The molecule has 1 aromatic rings. The molecule has 0 spiro atoms. The molecule has 1 aromatic heterocycles. The predicted octanol–water partition coefficient (Wildman–Crippen LogP) is 4.35. The zero-order chi connectivity index (χ0) is 17.4. The lowest BCUT2D eigenvalue weighted by Crippen LogP contribution is -2.45. The summed E-state index contributed by atoms with van der Waals surface area (Å²) in [6.45, 7) is 7.70. The van der Waals surface area contributed by atoms with Gasteiger partial charge >= 0.3 is 0 Å². The Morgan fingerprint density at radius 1 is 1.36 bits per heavy atom. The molecule has 2 heterocycles. The average molecular weight is 478 g/mol. The van der Waals surface area contributed by atoms with Gasteiger partial charge in [-0.1, -0.05) is 32.8 Å². The highest BCUT2D eigenvalue weighted by molar-refractivity contribution is 14.0. The molecule has 2 rings (SSSR count). The molecule has 0 radical (unpaired) electrons. The summed E-state index contributed by atoms with van der Waals surface area (Å²) in [5, 5.41) is 9.26. The van der Waals surface area contributed by atoms with Crippen LogP contribution >= 0.6 is 35.3 Å². The summed E-state index contributed by atoms with van der Waals surface area (Å²) in [5.74, 6) is 2.30. The maximum atomic E-state index is 4.40. The molecule has 4 nitrogen and oxygen atoms in total. The SMILES string of the molecule is CCC(CC)CNC(=NC)NCC1CCCN(C)C1c1cccs1.I. The third-order valence-corrected chi connectivity index (χ3v) is 6.25. The van der Waals surface area contributed by atoms with Gasteiger partial charge in [-0.3, -0.25) is 9.89 Å². The molecule has 6 heteroatoms. The van der Waals surface area contributed by atoms with Gasteiger partial charge in [-0.05, 0) is 49.7 Å². The van der Waals surface area contributed by atoms with E-state index in [2.05, 4.69) is 58.9 Å². The number of halogens is 1. The number of hydrogen-bond donors (Lipinski definition) is 2. The summed E-state index contributed by atoms with van der Waals surface area (Å²) in [5.41, 5.74) is 0. The molecule has 1 aliphatic rings. The second-order valence-electron chi connectivity index (χ2n) is 6.86. The van der Waals surface area contributed by atoms with Gasteiger partial charge in [0.1, 0.15) is 0 Å². The first-order chi connectivity index (χ1) is 11.7. The Bertz CT molecular complexity index is 488. The van der Waals surface area contributed by atoms with E-state index in [1.165, 1.54) is 37.1 Å². The Hall–Kier alpha value is -0.340. The van der Waals surface area contributed by atoms with Crippen molar-refractivity contribution in [2.45, 2.75) is 45.6 Å². The highest BCUT2D eigenvalue weighted by atomic mass is 127. The van der Waals surface area contributed by atoms with Crippen LogP contribution < -0.4 is 10.6 Å². The minimum Gasteiger partial charge on any atom is -0.356 e. The van der Waals surface area contributed by atoms with Crippen molar-refractivity contribution in [1.82, 2.24) is 15.5 Å². The molecule has 2 unspecified atom stereocenters. The van der Waals surface area contributed by atoms with Crippen LogP contribution in [0.4, 0.5) is 0 Å². The molecule has 0 aliphatic carbocycles. The van der Waals surface area contributed by atoms with E-state index in [4.69, 9.17) is 0 Å². The van der Waals surface area contributed by atoms with Crippen LogP contribution in [0.15, 0.2) is 22.5 Å². The molecule has 1 aliphatic heterocycles. The Balaban J connectivity index is 0.00000312. The van der Waals surface area contributed by atoms with Crippen molar-refractivity contribution in [2.75, 3.05) is 33.7 Å². The van der Waals surface area contributed by atoms with Crippen LogP contribution in [0.3, 0.4) is 0 Å². The van der Waals surface area contributed by atoms with Crippen LogP contribution in [0.1, 0.15) is 50.4 Å². The van der Waals surface area contributed by atoms with Crippen LogP contribution in [0.2, 0.25) is 0 Å². The number of aliphatic imine (C=N–C) groups is 1. The molecule has 0 amide bonds. The number of thiophene rings is 1. The van der Waals surface area contributed by atoms with Gasteiger partial charge in [-0.2, -0.15) is 0 Å². The summed E-state index contributed by atoms with van der Waals surface area (Å²) in [7, 11) is 4.13. The van der Waals surface area contributed by atoms with E-state index >= 15 is 0 Å². The molecule has 0 bridgehead atoms. The summed E-state index contributed by atoms with van der Waals surface area (Å²) < 4.78 is 0. The molecule has 2 atom stereocenters. The first-order valence-corrected chi connectivity index (χ1v) is 10.3. The Labute approximate surface area is 174 Å². The minimum atomic E-state index is 0. The fourth-order valence-electron chi connectivity index (χ4n) is 3.65. The molecule has 1 fully saturated rings. The van der Waals surface area contributed by atoms with Crippen molar-refractivity contribution in [3.05, 3.63) is 22.4 Å². The average Bonchev–Trinajstić information content (AvgIpc) is 3.12. The van der Waals surface area contributed by atoms with E-state index < -0.39 is 0 Å². The molecule has 0 aromatic carbocycles. The van der Waals surface area contributed by atoms with E-state index in [-0.39, 0.29) is 24.0 Å². The van der Waals surface area contributed by atoms with Crippen molar-refractivity contribution >= 4 is 41.3 Å². The fraction of sp³-hybridized carbons (Fsp3) is 0.737. The molecule has 144 valence electrons. The smallest absolute Gasteiger partial charge is 0.190 e. The molecule has 2 N–H and O–H groups in total. The first-order valence-electron chi connectivity index (χ1n) is 9.37. The summed E-state index contributed by atoms with van der Waals surface area (Å²) in [6, 6.07) is 4.98. The number of rotatable bonds is 7. The lowest BCUT2D eigenvalue weighted by atomic mass is 9.88. The number of piperidine rings is 1. The number of guanidine groups is 1. The van der Waals surface area contributed by atoms with Crippen LogP contribution in [-0.4, -0.2) is 44.6 Å². The standard InChI is InChI=1S/C19H34N4S.HI/c1-5-15(6-2)13-21-19(20-3)22-14-16-9-7-11-23(4)18(16)17-10-8-12-24-17;/h8,10,12,15-16,18H,5-7,9,11,13-14H2,1-4H3,(H2,20,21,22);1H. The maximum Gasteiger partial charge on any atom is 0.190 e. The Kier molecular flexibility index (Phi) is 11.0. The zero-order valence-corrected chi connectivity index (χ0v) is 19.3. The van der Waals surface area contributed by atoms with Crippen molar-refractivity contribution in [3.8, 4) is 0 Å². The Morgan fingerprint density at radius 2 is 2.12 bits per heavy atom. The van der Waals surface area contributed by atoms with Crippen LogP contribution in [-0.2, 0) is 0 Å². The lowest BCUT2D eigenvalue weighted by molar-refractivity contribution is 0.125. The van der Waals surface area contributed by atoms with Gasteiger partial charge in [0.2, 0.25) is 0 Å². The molecular weight excluding hydrogens is 443 g/mol. The van der Waals surface area contributed by atoms with Crippen molar-refractivity contribution in [2.24, 2.45) is 16.8 Å². The highest BCUT2D eigenvalue weighted by Crippen LogP contribution is 2.36. The van der Waals surface area contributed by atoms with Gasteiger partial charge in [0.25, 0.3) is 0 Å². The topological polar surface area (TPSA) is 39.7 Å². The number of likely N-dealkylation sites (tertiary alicyclic amines) is 1. The molecular formula is C19H35IN4S. The monoisotopic (exact) mass is 478 g/mol. The van der Waals surface area contributed by atoms with E-state index in [0.29, 0.717) is 12.0 Å². The molecule has 25 heavy (non-hydrogen) atoms. The van der Waals surface area contributed by atoms with Gasteiger partial charge in [-0.25, -0.2) is 0 Å². The maximum absolute atomic E-state index is 4.40. The zero-order valence-electron chi connectivity index (χ0n) is 16.1. The minimum absolute atomic E-state index is 0. The molecule has 1 saturated heterocycles. The van der Waals surface area contributed by atoms with Crippen molar-refractivity contribution < 1.29 is 0 Å². The van der Waals surface area contributed by atoms with Crippen LogP contribution in [0, 0.1) is 11.8 Å². The summed E-state index contributed by atoms with van der Waals surface area (Å²) in [4.78, 5) is 8.41. The Morgan fingerprint density at radius 3 is 2.72 bits per heavy atom. The second kappa shape index (κ2) is 12.1. The van der Waals surface area contributed by atoms with Gasteiger partial charge in [0, 0.05) is 31.1 Å². The lowest BCUT2D eigenvalue weighted by Gasteiger charge is -2.39. The van der Waals surface area contributed by atoms with E-state index in [1.807, 2.05) is 18.4 Å². The number of nitrogens with zero attached hydrogens (tertiary/aromatic N) is 2. The quantitative estimate of drug-likeness (QED) is 0.348. The molecule has 0 saturated carbocycles. The van der Waals surface area contributed by atoms with Crippen molar-refractivity contribution in [3.63, 3.8) is 0 Å². The first kappa shape index (κ1) is 22.7. The van der Waals surface area contributed by atoms with Gasteiger partial charge < -0.3 is 10.6 Å². The highest BCUT2D eigenvalue weighted by Gasteiger charge is 2.31. The normalized spacial score (nSPS) is 21.9. The summed E-state index contributed by atoms with van der Waals surface area (Å²) in [6.07, 6.45) is 5.00.